The number of aromatic nitrogens is 1. The fraction of sp³-hybridized carbons (Fsp3) is 0.333. The van der Waals surface area contributed by atoms with E-state index >= 15 is 0 Å². The molecule has 0 aliphatic rings. The Morgan fingerprint density at radius 1 is 1.14 bits per heavy atom. The Labute approximate surface area is 132 Å². The van der Waals surface area contributed by atoms with Crippen molar-refractivity contribution in [3.8, 4) is 11.3 Å². The first-order chi connectivity index (χ1) is 10.5. The van der Waals surface area contributed by atoms with Crippen molar-refractivity contribution >= 4 is 5.96 Å². The van der Waals surface area contributed by atoms with Gasteiger partial charge in [-0.15, -0.1) is 0 Å². The van der Waals surface area contributed by atoms with Crippen molar-refractivity contribution < 1.29 is 0 Å². The minimum atomic E-state index is -0.0162. The van der Waals surface area contributed by atoms with E-state index in [0.29, 0.717) is 0 Å². The molecule has 0 fully saturated rings. The Kier molecular flexibility index (Phi) is 5.15. The highest BCUT2D eigenvalue weighted by molar-refractivity contribution is 5.80. The summed E-state index contributed by atoms with van der Waals surface area (Å²) < 4.78 is 0. The van der Waals surface area contributed by atoms with Crippen LogP contribution in [0.4, 0.5) is 0 Å². The molecule has 116 valence electrons. The highest BCUT2D eigenvalue weighted by atomic mass is 15.2. The lowest BCUT2D eigenvalue weighted by Gasteiger charge is -2.23. The summed E-state index contributed by atoms with van der Waals surface area (Å²) in [5, 5.41) is 6.69. The van der Waals surface area contributed by atoms with Gasteiger partial charge in [-0.3, -0.25) is 9.98 Å². The van der Waals surface area contributed by atoms with Crippen LogP contribution in [0.25, 0.3) is 11.3 Å². The molecule has 0 amide bonds. The minimum Gasteiger partial charge on any atom is -0.352 e. The molecule has 1 aromatic carbocycles. The molecule has 4 nitrogen and oxygen atoms in total. The smallest absolute Gasteiger partial charge is 0.191 e. The first-order valence-corrected chi connectivity index (χ1v) is 7.47. The van der Waals surface area contributed by atoms with E-state index < -0.39 is 0 Å². The highest BCUT2D eigenvalue weighted by Gasteiger charge is 2.11. The Morgan fingerprint density at radius 3 is 2.59 bits per heavy atom. The molecule has 1 aromatic heterocycles. The summed E-state index contributed by atoms with van der Waals surface area (Å²) in [4.78, 5) is 8.64. The van der Waals surface area contributed by atoms with Gasteiger partial charge in [0, 0.05) is 30.9 Å². The van der Waals surface area contributed by atoms with Gasteiger partial charge in [-0.1, -0.05) is 24.3 Å². The summed E-state index contributed by atoms with van der Waals surface area (Å²) in [5.41, 5.74) is 3.29. The van der Waals surface area contributed by atoms with E-state index in [4.69, 9.17) is 0 Å². The van der Waals surface area contributed by atoms with E-state index in [0.717, 1.165) is 23.8 Å². The topological polar surface area (TPSA) is 49.3 Å². The van der Waals surface area contributed by atoms with Crippen LogP contribution in [0.5, 0.6) is 0 Å². The Balaban J connectivity index is 2.05. The van der Waals surface area contributed by atoms with Crippen molar-refractivity contribution in [2.75, 3.05) is 7.05 Å². The second-order valence-corrected chi connectivity index (χ2v) is 6.22. The van der Waals surface area contributed by atoms with E-state index in [9.17, 15) is 0 Å². The van der Waals surface area contributed by atoms with Crippen LogP contribution in [0.1, 0.15) is 26.3 Å². The minimum absolute atomic E-state index is 0.0162. The van der Waals surface area contributed by atoms with Gasteiger partial charge >= 0.3 is 0 Å². The lowest BCUT2D eigenvalue weighted by Crippen LogP contribution is -2.47. The standard InChI is InChI=1S/C18H24N4/c1-18(2,3)22-17(19-4)21-13-14-8-7-9-15(12-14)16-10-5-6-11-20-16/h5-12H,13H2,1-4H3,(H2,19,21,22). The zero-order valence-corrected chi connectivity index (χ0v) is 13.7. The molecule has 0 radical (unpaired) electrons. The second-order valence-electron chi connectivity index (χ2n) is 6.22. The largest absolute Gasteiger partial charge is 0.352 e. The van der Waals surface area contributed by atoms with Gasteiger partial charge in [-0.05, 0) is 44.5 Å². The lowest BCUT2D eigenvalue weighted by molar-refractivity contribution is 0.501. The molecule has 0 spiro atoms. The predicted octanol–water partition coefficient (Wildman–Crippen LogP) is 3.21. The van der Waals surface area contributed by atoms with Crippen molar-refractivity contribution in [1.29, 1.82) is 0 Å². The van der Waals surface area contributed by atoms with Gasteiger partial charge in [0.05, 0.1) is 5.69 Å². The zero-order chi connectivity index (χ0) is 16.0. The van der Waals surface area contributed by atoms with E-state index in [-0.39, 0.29) is 5.54 Å². The number of benzene rings is 1. The van der Waals surface area contributed by atoms with Gasteiger partial charge in [-0.2, -0.15) is 0 Å². The molecule has 2 rings (SSSR count). The summed E-state index contributed by atoms with van der Waals surface area (Å²) in [6.45, 7) is 7.06. The average Bonchev–Trinajstić information content (AvgIpc) is 2.51. The third-order valence-electron chi connectivity index (χ3n) is 3.06. The van der Waals surface area contributed by atoms with E-state index in [1.165, 1.54) is 5.56 Å². The second kappa shape index (κ2) is 7.07. The number of hydrogen-bond acceptors (Lipinski definition) is 2. The highest BCUT2D eigenvalue weighted by Crippen LogP contribution is 2.17. The van der Waals surface area contributed by atoms with Crippen LogP contribution in [0.15, 0.2) is 53.7 Å². The van der Waals surface area contributed by atoms with Crippen LogP contribution in [0.3, 0.4) is 0 Å². The maximum Gasteiger partial charge on any atom is 0.191 e. The quantitative estimate of drug-likeness (QED) is 0.675. The molecular formula is C18H24N4. The molecule has 0 aliphatic heterocycles. The van der Waals surface area contributed by atoms with Crippen LogP contribution in [0, 0.1) is 0 Å². The normalized spacial score (nSPS) is 12.1. The van der Waals surface area contributed by atoms with Crippen LogP contribution in [0.2, 0.25) is 0 Å². The van der Waals surface area contributed by atoms with Gasteiger partial charge < -0.3 is 10.6 Å². The third kappa shape index (κ3) is 4.88. The molecule has 1 heterocycles. The third-order valence-corrected chi connectivity index (χ3v) is 3.06. The number of pyridine rings is 1. The van der Waals surface area contributed by atoms with Gasteiger partial charge in [0.15, 0.2) is 5.96 Å². The number of guanidine groups is 1. The molecule has 0 saturated carbocycles. The number of rotatable bonds is 3. The van der Waals surface area contributed by atoms with Crippen molar-refractivity contribution in [2.24, 2.45) is 4.99 Å². The van der Waals surface area contributed by atoms with Crippen molar-refractivity contribution in [2.45, 2.75) is 32.9 Å². The Morgan fingerprint density at radius 2 is 1.95 bits per heavy atom. The monoisotopic (exact) mass is 296 g/mol. The van der Waals surface area contributed by atoms with Crippen LogP contribution in [-0.4, -0.2) is 23.5 Å². The SMILES string of the molecule is CN=C(NCc1cccc(-c2ccccn2)c1)NC(C)(C)C. The number of nitrogens with zero attached hydrogens (tertiary/aromatic N) is 2. The summed E-state index contributed by atoms with van der Waals surface area (Å²) in [6, 6.07) is 14.3. The fourth-order valence-corrected chi connectivity index (χ4v) is 2.09. The number of aliphatic imine (C=N–C) groups is 1. The first-order valence-electron chi connectivity index (χ1n) is 7.47. The first kappa shape index (κ1) is 16.0. The molecule has 0 saturated heterocycles. The lowest BCUT2D eigenvalue weighted by atomic mass is 10.1. The fourth-order valence-electron chi connectivity index (χ4n) is 2.09. The van der Waals surface area contributed by atoms with E-state index in [2.05, 4.69) is 65.6 Å². The summed E-state index contributed by atoms with van der Waals surface area (Å²) in [5.74, 6) is 0.802. The van der Waals surface area contributed by atoms with E-state index in [1.54, 1.807) is 7.05 Å². The van der Waals surface area contributed by atoms with Crippen molar-refractivity contribution in [3.05, 3.63) is 54.2 Å². The number of nitrogens with one attached hydrogen (secondary N) is 2. The molecule has 2 N–H and O–H groups in total. The molecule has 2 aromatic rings. The van der Waals surface area contributed by atoms with Crippen molar-refractivity contribution in [3.63, 3.8) is 0 Å². The summed E-state index contributed by atoms with van der Waals surface area (Å²) in [6.07, 6.45) is 1.81. The van der Waals surface area contributed by atoms with Gasteiger partial charge in [0.1, 0.15) is 0 Å². The molecule has 0 bridgehead atoms. The molecule has 4 heteroatoms. The maximum atomic E-state index is 4.39. The zero-order valence-electron chi connectivity index (χ0n) is 13.7. The Bertz CT molecular complexity index is 627. The number of hydrogen-bond donors (Lipinski definition) is 2. The summed E-state index contributed by atoms with van der Waals surface area (Å²) in [7, 11) is 1.78. The molecule has 0 unspecified atom stereocenters. The Hall–Kier alpha value is -2.36. The van der Waals surface area contributed by atoms with Crippen LogP contribution < -0.4 is 10.6 Å². The van der Waals surface area contributed by atoms with Crippen LogP contribution in [-0.2, 0) is 6.54 Å². The van der Waals surface area contributed by atoms with E-state index in [1.807, 2.05) is 24.4 Å². The van der Waals surface area contributed by atoms with Gasteiger partial charge in [-0.25, -0.2) is 0 Å². The van der Waals surface area contributed by atoms with Crippen molar-refractivity contribution in [1.82, 2.24) is 15.6 Å². The summed E-state index contributed by atoms with van der Waals surface area (Å²) >= 11 is 0. The molecule has 0 atom stereocenters. The van der Waals surface area contributed by atoms with Crippen LogP contribution >= 0.6 is 0 Å². The molecule has 22 heavy (non-hydrogen) atoms. The predicted molar refractivity (Wildman–Crippen MR) is 92.8 cm³/mol. The average molecular weight is 296 g/mol. The molecule has 0 aliphatic carbocycles. The van der Waals surface area contributed by atoms with Gasteiger partial charge in [0.25, 0.3) is 0 Å². The maximum absolute atomic E-state index is 4.39. The van der Waals surface area contributed by atoms with Gasteiger partial charge in [0.2, 0.25) is 0 Å². The molecular weight excluding hydrogens is 272 g/mol.